The fraction of sp³-hybridized carbons (Fsp3) is 0.381. The van der Waals surface area contributed by atoms with E-state index >= 15 is 0 Å². The Balaban J connectivity index is 2.04. The number of nitrogens with zero attached hydrogens (tertiary/aromatic N) is 3. The SMILES string of the molecule is CS(=O)(=O)Nc1ccccc1C(N)=NC(=O)c1cc(C(F)(F)F)cnc1N1CCCC(F)(F)CC1. The fourth-order valence-corrected chi connectivity index (χ4v) is 4.10. The van der Waals surface area contributed by atoms with Crippen molar-refractivity contribution in [3.8, 4) is 0 Å². The number of benzene rings is 1. The summed E-state index contributed by atoms with van der Waals surface area (Å²) in [6.07, 6.45) is -4.32. The van der Waals surface area contributed by atoms with Crippen molar-refractivity contribution in [2.45, 2.75) is 31.4 Å². The van der Waals surface area contributed by atoms with Crippen LogP contribution in [0.15, 0.2) is 41.5 Å². The summed E-state index contributed by atoms with van der Waals surface area (Å²) in [4.78, 5) is 21.8. The highest BCUT2D eigenvalue weighted by Crippen LogP contribution is 2.34. The van der Waals surface area contributed by atoms with E-state index in [2.05, 4.69) is 14.7 Å². The molecule has 1 aromatic carbocycles. The van der Waals surface area contributed by atoms with Crippen molar-refractivity contribution >= 4 is 33.3 Å². The van der Waals surface area contributed by atoms with Crippen LogP contribution in [0.2, 0.25) is 0 Å². The molecule has 1 amide bonds. The summed E-state index contributed by atoms with van der Waals surface area (Å²) in [5.41, 5.74) is 4.13. The number of halogens is 5. The van der Waals surface area contributed by atoms with Gasteiger partial charge < -0.3 is 10.6 Å². The smallest absolute Gasteiger partial charge is 0.383 e. The van der Waals surface area contributed by atoms with Gasteiger partial charge in [0.05, 0.1) is 23.1 Å². The number of amides is 1. The first-order valence-electron chi connectivity index (χ1n) is 10.3. The van der Waals surface area contributed by atoms with E-state index in [1.807, 2.05) is 0 Å². The zero-order valence-corrected chi connectivity index (χ0v) is 19.3. The van der Waals surface area contributed by atoms with Crippen molar-refractivity contribution in [1.29, 1.82) is 0 Å². The van der Waals surface area contributed by atoms with Gasteiger partial charge in [0, 0.05) is 37.7 Å². The number of para-hydroxylation sites is 1. The summed E-state index contributed by atoms with van der Waals surface area (Å²) in [7, 11) is -3.72. The second-order valence-electron chi connectivity index (χ2n) is 8.01. The topological polar surface area (TPSA) is 118 Å². The zero-order chi connectivity index (χ0) is 26.0. The van der Waals surface area contributed by atoms with E-state index in [1.54, 1.807) is 0 Å². The van der Waals surface area contributed by atoms with Gasteiger partial charge in [-0.05, 0) is 24.6 Å². The largest absolute Gasteiger partial charge is 0.417 e. The maximum atomic E-state index is 13.8. The van der Waals surface area contributed by atoms with Crippen LogP contribution in [0.1, 0.15) is 40.7 Å². The van der Waals surface area contributed by atoms with E-state index < -0.39 is 57.8 Å². The molecule has 0 bridgehead atoms. The predicted octanol–water partition coefficient (Wildman–Crippen LogP) is 3.64. The van der Waals surface area contributed by atoms with Crippen LogP contribution in [0, 0.1) is 0 Å². The number of alkyl halides is 5. The molecular formula is C21H22F5N5O3S. The van der Waals surface area contributed by atoms with Gasteiger partial charge in [-0.25, -0.2) is 22.2 Å². The predicted molar refractivity (Wildman–Crippen MR) is 120 cm³/mol. The number of rotatable bonds is 5. The number of nitrogens with two attached hydrogens (primary N) is 1. The lowest BCUT2D eigenvalue weighted by atomic mass is 10.1. The van der Waals surface area contributed by atoms with Crippen molar-refractivity contribution in [3.05, 3.63) is 53.2 Å². The molecule has 1 saturated heterocycles. The van der Waals surface area contributed by atoms with Crippen LogP contribution < -0.4 is 15.4 Å². The van der Waals surface area contributed by atoms with Gasteiger partial charge in [-0.1, -0.05) is 12.1 Å². The summed E-state index contributed by atoms with van der Waals surface area (Å²) in [5.74, 6) is -4.82. The molecule has 1 fully saturated rings. The molecule has 0 aliphatic carbocycles. The number of pyridine rings is 1. The lowest BCUT2D eigenvalue weighted by molar-refractivity contribution is -0.137. The molecule has 190 valence electrons. The van der Waals surface area contributed by atoms with Gasteiger partial charge in [0.25, 0.3) is 5.91 Å². The van der Waals surface area contributed by atoms with Crippen LogP contribution >= 0.6 is 0 Å². The van der Waals surface area contributed by atoms with E-state index in [0.717, 1.165) is 6.26 Å². The lowest BCUT2D eigenvalue weighted by Crippen LogP contribution is -2.29. The third kappa shape index (κ3) is 6.87. The minimum Gasteiger partial charge on any atom is -0.383 e. The molecule has 0 saturated carbocycles. The molecule has 3 N–H and O–H groups in total. The highest BCUT2D eigenvalue weighted by atomic mass is 32.2. The normalized spacial score (nSPS) is 17.1. The Kier molecular flexibility index (Phi) is 7.34. The molecule has 0 spiro atoms. The number of carbonyl (C=O) groups excluding carboxylic acids is 1. The van der Waals surface area contributed by atoms with Gasteiger partial charge in [0.1, 0.15) is 11.7 Å². The summed E-state index contributed by atoms with van der Waals surface area (Å²) in [6.45, 7) is -0.180. The molecule has 14 heteroatoms. The van der Waals surface area contributed by atoms with Crippen LogP contribution in [-0.4, -0.2) is 50.4 Å². The Hall–Kier alpha value is -3.29. The summed E-state index contributed by atoms with van der Waals surface area (Å²) in [6, 6.07) is 6.26. The number of hydrogen-bond acceptors (Lipinski definition) is 5. The number of carbonyl (C=O) groups is 1. The zero-order valence-electron chi connectivity index (χ0n) is 18.4. The Morgan fingerprint density at radius 1 is 1.17 bits per heavy atom. The second kappa shape index (κ2) is 9.76. The molecule has 8 nitrogen and oxygen atoms in total. The highest BCUT2D eigenvalue weighted by molar-refractivity contribution is 7.92. The molecule has 2 aromatic rings. The van der Waals surface area contributed by atoms with Crippen LogP contribution in [-0.2, 0) is 16.2 Å². The number of amidine groups is 1. The van der Waals surface area contributed by atoms with E-state index in [1.165, 1.54) is 29.2 Å². The fourth-order valence-electron chi connectivity index (χ4n) is 3.52. The van der Waals surface area contributed by atoms with Gasteiger partial charge in [0.15, 0.2) is 0 Å². The molecular weight excluding hydrogens is 497 g/mol. The standard InChI is InChI=1S/C21H22F5N5O3S/c1-35(33,34)30-16-6-3-2-5-14(16)17(27)29-19(32)15-11-13(21(24,25)26)12-28-18(15)31-9-4-7-20(22,23)8-10-31/h2-3,5-6,11-12,30H,4,7-10H2,1H3,(H2,27,29,32). The summed E-state index contributed by atoms with van der Waals surface area (Å²) >= 11 is 0. The van der Waals surface area contributed by atoms with Crippen molar-refractivity contribution in [1.82, 2.24) is 4.98 Å². The molecule has 1 aliphatic rings. The number of aliphatic imine (C=N–C) groups is 1. The quantitative estimate of drug-likeness (QED) is 0.354. The van der Waals surface area contributed by atoms with E-state index in [0.29, 0.717) is 12.3 Å². The first kappa shape index (κ1) is 26.3. The third-order valence-corrected chi connectivity index (χ3v) is 5.75. The maximum absolute atomic E-state index is 13.8. The molecule has 35 heavy (non-hydrogen) atoms. The van der Waals surface area contributed by atoms with Crippen molar-refractivity contribution in [2.75, 3.05) is 29.0 Å². The van der Waals surface area contributed by atoms with Crippen LogP contribution in [0.3, 0.4) is 0 Å². The number of aromatic nitrogens is 1. The van der Waals surface area contributed by atoms with Crippen LogP contribution in [0.5, 0.6) is 0 Å². The summed E-state index contributed by atoms with van der Waals surface area (Å²) < 4.78 is 93.0. The molecule has 0 atom stereocenters. The first-order chi connectivity index (χ1) is 16.2. The van der Waals surface area contributed by atoms with Crippen molar-refractivity contribution < 1.29 is 35.2 Å². The molecule has 0 radical (unpaired) electrons. The summed E-state index contributed by atoms with van der Waals surface area (Å²) in [5, 5.41) is 0. The average Bonchev–Trinajstić information content (AvgIpc) is 2.92. The molecule has 1 aliphatic heterocycles. The Bertz CT molecular complexity index is 1250. The van der Waals surface area contributed by atoms with E-state index in [-0.39, 0.29) is 36.6 Å². The van der Waals surface area contributed by atoms with Gasteiger partial charge in [-0.15, -0.1) is 0 Å². The third-order valence-electron chi connectivity index (χ3n) is 5.16. The average molecular weight is 519 g/mol. The van der Waals surface area contributed by atoms with Crippen LogP contribution in [0.4, 0.5) is 33.5 Å². The maximum Gasteiger partial charge on any atom is 0.417 e. The molecule has 1 aromatic heterocycles. The second-order valence-corrected chi connectivity index (χ2v) is 9.76. The number of anilines is 2. The van der Waals surface area contributed by atoms with Gasteiger partial charge in [-0.3, -0.25) is 9.52 Å². The Morgan fingerprint density at radius 2 is 1.86 bits per heavy atom. The van der Waals surface area contributed by atoms with E-state index in [4.69, 9.17) is 5.73 Å². The minimum atomic E-state index is -4.83. The van der Waals surface area contributed by atoms with Gasteiger partial charge in [-0.2, -0.15) is 18.2 Å². The lowest BCUT2D eigenvalue weighted by Gasteiger charge is -2.24. The van der Waals surface area contributed by atoms with E-state index in [9.17, 15) is 35.2 Å². The van der Waals surface area contributed by atoms with Crippen molar-refractivity contribution in [3.63, 3.8) is 0 Å². The van der Waals surface area contributed by atoms with Crippen LogP contribution in [0.25, 0.3) is 0 Å². The van der Waals surface area contributed by atoms with Gasteiger partial charge in [0.2, 0.25) is 15.9 Å². The molecule has 3 rings (SSSR count). The minimum absolute atomic E-state index is 0.00110. The monoisotopic (exact) mass is 519 g/mol. The molecule has 2 heterocycles. The van der Waals surface area contributed by atoms with Crippen molar-refractivity contribution in [2.24, 2.45) is 10.7 Å². The number of hydrogen-bond donors (Lipinski definition) is 2. The molecule has 0 unspecified atom stereocenters. The highest BCUT2D eigenvalue weighted by Gasteiger charge is 2.36. The Labute approximate surface area is 198 Å². The number of sulfonamides is 1. The number of nitrogens with one attached hydrogen (secondary N) is 1. The Morgan fingerprint density at radius 3 is 2.51 bits per heavy atom. The van der Waals surface area contributed by atoms with Gasteiger partial charge >= 0.3 is 6.18 Å². The first-order valence-corrected chi connectivity index (χ1v) is 12.2.